The second-order valence-corrected chi connectivity index (χ2v) is 10.7. The van der Waals surface area contributed by atoms with Gasteiger partial charge in [-0.05, 0) is 42.7 Å². The van der Waals surface area contributed by atoms with E-state index in [2.05, 4.69) is 0 Å². The smallest absolute Gasteiger partial charge is 0.227 e. The van der Waals surface area contributed by atoms with Crippen LogP contribution in [0.15, 0.2) is 48.5 Å². The van der Waals surface area contributed by atoms with Crippen molar-refractivity contribution in [2.24, 2.45) is 5.92 Å². The van der Waals surface area contributed by atoms with Crippen LogP contribution in [-0.2, 0) is 20.6 Å². The van der Waals surface area contributed by atoms with Gasteiger partial charge < -0.3 is 9.80 Å². The molecule has 4 rings (SSSR count). The first-order valence-corrected chi connectivity index (χ1v) is 12.8. The minimum Gasteiger partial charge on any atom is -0.366 e. The number of sulfonamides is 1. The molecule has 6 nitrogen and oxygen atoms in total. The number of anilines is 1. The number of halogens is 2. The number of para-hydroxylation sites is 1. The SMILES string of the molecule is O=C(C1CCCN(S(=O)(=O)Cc2ccc(Cl)cc2)C1)N1CCN(c2ccccc2F)CC1. The largest absolute Gasteiger partial charge is 0.366 e. The van der Waals surface area contributed by atoms with E-state index in [0.717, 1.165) is 0 Å². The van der Waals surface area contributed by atoms with Gasteiger partial charge in [0.25, 0.3) is 0 Å². The van der Waals surface area contributed by atoms with Gasteiger partial charge in [0.1, 0.15) is 5.82 Å². The minimum atomic E-state index is -3.53. The highest BCUT2D eigenvalue weighted by molar-refractivity contribution is 7.88. The number of hydrogen-bond donors (Lipinski definition) is 0. The molecule has 0 bridgehead atoms. The van der Waals surface area contributed by atoms with Crippen LogP contribution in [0.3, 0.4) is 0 Å². The van der Waals surface area contributed by atoms with Crippen molar-refractivity contribution in [2.45, 2.75) is 18.6 Å². The topological polar surface area (TPSA) is 60.9 Å². The second kappa shape index (κ2) is 9.77. The number of nitrogens with zero attached hydrogens (tertiary/aromatic N) is 3. The normalized spacial score (nSPS) is 20.4. The van der Waals surface area contributed by atoms with E-state index in [9.17, 15) is 17.6 Å². The van der Waals surface area contributed by atoms with Crippen LogP contribution in [0.4, 0.5) is 10.1 Å². The molecule has 1 amide bonds. The molecule has 0 saturated carbocycles. The number of carbonyl (C=O) groups excluding carboxylic acids is 1. The lowest BCUT2D eigenvalue weighted by atomic mass is 9.97. The first-order valence-electron chi connectivity index (χ1n) is 10.8. The summed E-state index contributed by atoms with van der Waals surface area (Å²) >= 11 is 5.89. The summed E-state index contributed by atoms with van der Waals surface area (Å²) in [6.45, 7) is 2.75. The van der Waals surface area contributed by atoms with Crippen LogP contribution >= 0.6 is 11.6 Å². The number of hydrogen-bond acceptors (Lipinski definition) is 4. The first-order chi connectivity index (χ1) is 15.3. The predicted octanol–water partition coefficient (Wildman–Crippen LogP) is 3.37. The van der Waals surface area contributed by atoms with Gasteiger partial charge in [-0.15, -0.1) is 0 Å². The number of carbonyl (C=O) groups is 1. The molecule has 2 heterocycles. The van der Waals surface area contributed by atoms with E-state index in [4.69, 9.17) is 11.6 Å². The monoisotopic (exact) mass is 479 g/mol. The highest BCUT2D eigenvalue weighted by atomic mass is 35.5. The Morgan fingerprint density at radius 2 is 1.69 bits per heavy atom. The third-order valence-electron chi connectivity index (χ3n) is 6.17. The van der Waals surface area contributed by atoms with Crippen molar-refractivity contribution in [1.29, 1.82) is 0 Å². The molecule has 1 unspecified atom stereocenters. The van der Waals surface area contributed by atoms with Gasteiger partial charge in [0.15, 0.2) is 0 Å². The summed E-state index contributed by atoms with van der Waals surface area (Å²) in [5.41, 5.74) is 1.23. The van der Waals surface area contributed by atoms with E-state index in [1.54, 1.807) is 47.4 Å². The zero-order valence-electron chi connectivity index (χ0n) is 17.8. The van der Waals surface area contributed by atoms with E-state index >= 15 is 0 Å². The lowest BCUT2D eigenvalue weighted by molar-refractivity contribution is -0.137. The maximum atomic E-state index is 14.1. The fraction of sp³-hybridized carbons (Fsp3) is 0.435. The minimum absolute atomic E-state index is 0.00965. The van der Waals surface area contributed by atoms with Crippen molar-refractivity contribution in [3.63, 3.8) is 0 Å². The maximum absolute atomic E-state index is 14.1. The Morgan fingerprint density at radius 1 is 1.00 bits per heavy atom. The molecule has 9 heteroatoms. The van der Waals surface area contributed by atoms with Gasteiger partial charge in [-0.2, -0.15) is 0 Å². The Morgan fingerprint density at radius 3 is 2.38 bits per heavy atom. The lowest BCUT2D eigenvalue weighted by Crippen LogP contribution is -2.53. The summed E-state index contributed by atoms with van der Waals surface area (Å²) in [5, 5.41) is 0.560. The Hall–Kier alpha value is -2.16. The van der Waals surface area contributed by atoms with Crippen molar-refractivity contribution in [3.8, 4) is 0 Å². The Bertz CT molecular complexity index is 1060. The summed E-state index contributed by atoms with van der Waals surface area (Å²) < 4.78 is 41.4. The molecule has 0 aromatic heterocycles. The average molecular weight is 480 g/mol. The first kappa shape index (κ1) is 23.0. The van der Waals surface area contributed by atoms with E-state index < -0.39 is 10.0 Å². The highest BCUT2D eigenvalue weighted by Gasteiger charge is 2.35. The van der Waals surface area contributed by atoms with Gasteiger partial charge in [-0.25, -0.2) is 17.1 Å². The summed E-state index contributed by atoms with van der Waals surface area (Å²) in [6, 6.07) is 13.4. The second-order valence-electron chi connectivity index (χ2n) is 8.34. The summed E-state index contributed by atoms with van der Waals surface area (Å²) in [5.74, 6) is -0.721. The molecule has 2 aliphatic rings. The third kappa shape index (κ3) is 5.24. The van der Waals surface area contributed by atoms with Gasteiger partial charge in [-0.1, -0.05) is 35.9 Å². The fourth-order valence-corrected chi connectivity index (χ4v) is 6.15. The lowest BCUT2D eigenvalue weighted by Gasteiger charge is -2.39. The zero-order valence-corrected chi connectivity index (χ0v) is 19.4. The van der Waals surface area contributed by atoms with Crippen molar-refractivity contribution in [1.82, 2.24) is 9.21 Å². The number of piperazine rings is 1. The molecule has 2 aliphatic heterocycles. The van der Waals surface area contributed by atoms with Crippen LogP contribution in [0.25, 0.3) is 0 Å². The molecule has 2 aromatic carbocycles. The van der Waals surface area contributed by atoms with E-state index in [-0.39, 0.29) is 29.9 Å². The Balaban J connectivity index is 1.35. The summed E-state index contributed by atoms with van der Waals surface area (Å²) in [7, 11) is -3.53. The van der Waals surface area contributed by atoms with Crippen LogP contribution < -0.4 is 4.90 Å². The number of amides is 1. The van der Waals surface area contributed by atoms with Crippen LogP contribution in [0, 0.1) is 11.7 Å². The van der Waals surface area contributed by atoms with Crippen LogP contribution in [0.5, 0.6) is 0 Å². The molecule has 2 saturated heterocycles. The molecule has 32 heavy (non-hydrogen) atoms. The predicted molar refractivity (Wildman–Crippen MR) is 124 cm³/mol. The Labute approximate surface area is 193 Å². The summed E-state index contributed by atoms with van der Waals surface area (Å²) in [4.78, 5) is 16.9. The highest BCUT2D eigenvalue weighted by Crippen LogP contribution is 2.25. The quantitative estimate of drug-likeness (QED) is 0.659. The van der Waals surface area contributed by atoms with Crippen LogP contribution in [0.1, 0.15) is 18.4 Å². The van der Waals surface area contributed by atoms with Crippen molar-refractivity contribution in [3.05, 3.63) is 64.9 Å². The molecule has 0 spiro atoms. The van der Waals surface area contributed by atoms with E-state index in [1.165, 1.54) is 10.4 Å². The molecular formula is C23H27ClFN3O3S. The van der Waals surface area contributed by atoms with Gasteiger partial charge in [0.2, 0.25) is 15.9 Å². The Kier molecular flexibility index (Phi) is 7.02. The number of benzene rings is 2. The third-order valence-corrected chi connectivity index (χ3v) is 8.24. The van der Waals surface area contributed by atoms with Crippen molar-refractivity contribution < 1.29 is 17.6 Å². The molecule has 0 aliphatic carbocycles. The standard InChI is InChI=1S/C23H27ClFN3O3S/c24-20-9-7-18(8-10-20)17-32(30,31)28-11-3-4-19(16-28)23(29)27-14-12-26(13-15-27)22-6-2-1-5-21(22)25/h1-2,5-10,19H,3-4,11-17H2. The fourth-order valence-electron chi connectivity index (χ4n) is 4.41. The number of rotatable bonds is 5. The molecular weight excluding hydrogens is 453 g/mol. The average Bonchev–Trinajstić information content (AvgIpc) is 2.80. The molecule has 2 aromatic rings. The molecule has 0 radical (unpaired) electrons. The molecule has 0 N–H and O–H groups in total. The molecule has 2 fully saturated rings. The van der Waals surface area contributed by atoms with E-state index in [0.29, 0.717) is 61.8 Å². The maximum Gasteiger partial charge on any atom is 0.227 e. The van der Waals surface area contributed by atoms with Crippen LogP contribution in [-0.4, -0.2) is 62.8 Å². The zero-order chi connectivity index (χ0) is 22.7. The summed E-state index contributed by atoms with van der Waals surface area (Å²) in [6.07, 6.45) is 1.34. The van der Waals surface area contributed by atoms with Gasteiger partial charge in [0, 0.05) is 44.3 Å². The molecule has 1 atom stereocenters. The molecule has 172 valence electrons. The van der Waals surface area contributed by atoms with Crippen molar-refractivity contribution >= 4 is 33.2 Å². The van der Waals surface area contributed by atoms with Crippen LogP contribution in [0.2, 0.25) is 5.02 Å². The van der Waals surface area contributed by atoms with Gasteiger partial charge in [-0.3, -0.25) is 4.79 Å². The van der Waals surface area contributed by atoms with Crippen molar-refractivity contribution in [2.75, 3.05) is 44.2 Å². The van der Waals surface area contributed by atoms with E-state index in [1.807, 2.05) is 4.90 Å². The number of piperidine rings is 1. The van der Waals surface area contributed by atoms with Gasteiger partial charge in [0.05, 0.1) is 17.4 Å². The van der Waals surface area contributed by atoms with Gasteiger partial charge >= 0.3 is 0 Å².